The summed E-state index contributed by atoms with van der Waals surface area (Å²) >= 11 is 6.01. The van der Waals surface area contributed by atoms with Crippen molar-refractivity contribution in [1.29, 1.82) is 0 Å². The van der Waals surface area contributed by atoms with Crippen molar-refractivity contribution in [1.82, 2.24) is 19.5 Å². The Balaban J connectivity index is 2.16. The Hall–Kier alpha value is -2.54. The zero-order valence-corrected chi connectivity index (χ0v) is 10.2. The van der Waals surface area contributed by atoms with E-state index in [1.165, 1.54) is 18.5 Å². The lowest BCUT2D eigenvalue weighted by molar-refractivity contribution is -0.384. The van der Waals surface area contributed by atoms with Gasteiger partial charge in [-0.15, -0.1) is 0 Å². The number of imidazole rings is 1. The van der Waals surface area contributed by atoms with Crippen LogP contribution < -0.4 is 0 Å². The van der Waals surface area contributed by atoms with E-state index in [4.69, 9.17) is 11.6 Å². The summed E-state index contributed by atoms with van der Waals surface area (Å²) in [7, 11) is 0. The molecule has 0 aliphatic carbocycles. The second-order valence-electron chi connectivity index (χ2n) is 3.72. The van der Waals surface area contributed by atoms with E-state index in [9.17, 15) is 10.1 Å². The van der Waals surface area contributed by atoms with E-state index in [0.717, 1.165) is 0 Å². The van der Waals surface area contributed by atoms with Crippen LogP contribution in [-0.4, -0.2) is 24.4 Å². The first-order chi connectivity index (χ1) is 9.16. The lowest BCUT2D eigenvalue weighted by Gasteiger charge is -2.04. The van der Waals surface area contributed by atoms with Crippen LogP contribution in [0.25, 0.3) is 16.9 Å². The molecule has 0 amide bonds. The molecule has 8 heteroatoms. The molecule has 3 aromatic rings. The molecule has 94 valence electrons. The lowest BCUT2D eigenvalue weighted by atomic mass is 10.3. The molecule has 0 N–H and O–H groups in total. The first-order valence-electron chi connectivity index (χ1n) is 5.25. The van der Waals surface area contributed by atoms with Crippen LogP contribution in [0.5, 0.6) is 0 Å². The van der Waals surface area contributed by atoms with Gasteiger partial charge in [-0.2, -0.15) is 0 Å². The van der Waals surface area contributed by atoms with Gasteiger partial charge in [-0.05, 0) is 12.1 Å². The molecule has 0 bridgehead atoms. The van der Waals surface area contributed by atoms with Crippen molar-refractivity contribution in [3.8, 4) is 5.69 Å². The largest absolute Gasteiger partial charge is 0.295 e. The van der Waals surface area contributed by atoms with Gasteiger partial charge in [-0.3, -0.25) is 14.7 Å². The summed E-state index contributed by atoms with van der Waals surface area (Å²) in [6, 6.07) is 6.06. The van der Waals surface area contributed by atoms with Gasteiger partial charge in [0.2, 0.25) is 0 Å². The Kier molecular flexibility index (Phi) is 2.60. The molecular formula is C11H6ClN5O2. The second kappa shape index (κ2) is 4.29. The summed E-state index contributed by atoms with van der Waals surface area (Å²) in [6.45, 7) is 0. The van der Waals surface area contributed by atoms with Crippen LogP contribution in [0.1, 0.15) is 0 Å². The molecule has 0 radical (unpaired) electrons. The molecule has 19 heavy (non-hydrogen) atoms. The fraction of sp³-hybridized carbons (Fsp3) is 0. The van der Waals surface area contributed by atoms with E-state index in [1.54, 1.807) is 23.0 Å². The maximum Gasteiger partial charge on any atom is 0.269 e. The van der Waals surface area contributed by atoms with Gasteiger partial charge in [0.1, 0.15) is 18.2 Å². The average molecular weight is 276 g/mol. The minimum atomic E-state index is -0.452. The molecule has 0 fully saturated rings. The van der Waals surface area contributed by atoms with E-state index in [1.807, 2.05) is 0 Å². The Labute approximate surface area is 111 Å². The standard InChI is InChI=1S/C11H6ClN5O2/c12-10-9-11(14-5-13-10)15-6-16(9)7-1-3-8(4-2-7)17(18)19/h1-6H. The smallest absolute Gasteiger partial charge is 0.269 e. The van der Waals surface area contributed by atoms with Crippen LogP contribution in [0.15, 0.2) is 36.9 Å². The normalized spacial score (nSPS) is 10.8. The number of fused-ring (bicyclic) bond motifs is 1. The highest BCUT2D eigenvalue weighted by atomic mass is 35.5. The molecule has 0 aliphatic heterocycles. The first-order valence-corrected chi connectivity index (χ1v) is 5.63. The molecule has 1 aromatic carbocycles. The number of nitrogens with zero attached hydrogens (tertiary/aromatic N) is 5. The van der Waals surface area contributed by atoms with E-state index in [2.05, 4.69) is 15.0 Å². The van der Waals surface area contributed by atoms with Gasteiger partial charge in [-0.1, -0.05) is 11.6 Å². The number of nitro benzene ring substituents is 1. The summed E-state index contributed by atoms with van der Waals surface area (Å²) in [5, 5.41) is 10.9. The molecule has 0 unspecified atom stereocenters. The minimum Gasteiger partial charge on any atom is -0.295 e. The Morgan fingerprint density at radius 1 is 1.16 bits per heavy atom. The highest BCUT2D eigenvalue weighted by molar-refractivity contribution is 6.33. The predicted octanol–water partition coefficient (Wildman–Crippen LogP) is 2.38. The van der Waals surface area contributed by atoms with Crippen LogP contribution in [0.3, 0.4) is 0 Å². The Morgan fingerprint density at radius 3 is 2.58 bits per heavy atom. The van der Waals surface area contributed by atoms with E-state index < -0.39 is 4.92 Å². The van der Waals surface area contributed by atoms with E-state index in [0.29, 0.717) is 16.9 Å². The number of aromatic nitrogens is 4. The van der Waals surface area contributed by atoms with Crippen molar-refractivity contribution in [2.45, 2.75) is 0 Å². The number of benzene rings is 1. The second-order valence-corrected chi connectivity index (χ2v) is 4.08. The Morgan fingerprint density at radius 2 is 1.89 bits per heavy atom. The number of halogens is 1. The minimum absolute atomic E-state index is 0.0236. The fourth-order valence-electron chi connectivity index (χ4n) is 1.75. The van der Waals surface area contributed by atoms with Crippen molar-refractivity contribution in [2.24, 2.45) is 0 Å². The highest BCUT2D eigenvalue weighted by Crippen LogP contribution is 2.23. The molecule has 3 rings (SSSR count). The van der Waals surface area contributed by atoms with Gasteiger partial charge >= 0.3 is 0 Å². The van der Waals surface area contributed by atoms with Crippen molar-refractivity contribution >= 4 is 28.5 Å². The fourth-order valence-corrected chi connectivity index (χ4v) is 1.97. The van der Waals surface area contributed by atoms with Crippen molar-refractivity contribution in [2.75, 3.05) is 0 Å². The number of hydrogen-bond acceptors (Lipinski definition) is 5. The summed E-state index contributed by atoms with van der Waals surface area (Å²) in [5.41, 5.74) is 1.76. The van der Waals surface area contributed by atoms with Gasteiger partial charge in [0, 0.05) is 17.8 Å². The molecule has 0 saturated heterocycles. The van der Waals surface area contributed by atoms with Gasteiger partial charge in [0.05, 0.1) is 4.92 Å². The van der Waals surface area contributed by atoms with Crippen molar-refractivity contribution < 1.29 is 4.92 Å². The topological polar surface area (TPSA) is 86.7 Å². The molecule has 0 atom stereocenters. The lowest BCUT2D eigenvalue weighted by Crippen LogP contribution is -1.95. The zero-order valence-electron chi connectivity index (χ0n) is 9.39. The summed E-state index contributed by atoms with van der Waals surface area (Å²) in [4.78, 5) is 22.2. The Bertz CT molecular complexity index is 768. The summed E-state index contributed by atoms with van der Waals surface area (Å²) < 4.78 is 1.68. The monoisotopic (exact) mass is 275 g/mol. The molecule has 2 aromatic heterocycles. The zero-order chi connectivity index (χ0) is 13.4. The van der Waals surface area contributed by atoms with Gasteiger partial charge in [0.15, 0.2) is 10.8 Å². The van der Waals surface area contributed by atoms with Crippen molar-refractivity contribution in [3.63, 3.8) is 0 Å². The van der Waals surface area contributed by atoms with Crippen molar-refractivity contribution in [3.05, 3.63) is 52.2 Å². The third-order valence-electron chi connectivity index (χ3n) is 2.63. The number of nitro groups is 1. The molecular weight excluding hydrogens is 270 g/mol. The van der Waals surface area contributed by atoms with Crippen LogP contribution in [0.2, 0.25) is 5.15 Å². The molecule has 0 saturated carbocycles. The number of non-ortho nitro benzene ring substituents is 1. The summed E-state index contributed by atoms with van der Waals surface area (Å²) in [6.07, 6.45) is 2.88. The van der Waals surface area contributed by atoms with Crippen LogP contribution in [-0.2, 0) is 0 Å². The van der Waals surface area contributed by atoms with E-state index >= 15 is 0 Å². The summed E-state index contributed by atoms with van der Waals surface area (Å²) in [5.74, 6) is 0. The van der Waals surface area contributed by atoms with Gasteiger partial charge in [0.25, 0.3) is 5.69 Å². The van der Waals surface area contributed by atoms with Crippen LogP contribution in [0, 0.1) is 10.1 Å². The highest BCUT2D eigenvalue weighted by Gasteiger charge is 2.11. The van der Waals surface area contributed by atoms with Crippen LogP contribution in [0.4, 0.5) is 5.69 Å². The van der Waals surface area contributed by atoms with E-state index in [-0.39, 0.29) is 10.8 Å². The molecule has 0 spiro atoms. The molecule has 0 aliphatic rings. The molecule has 2 heterocycles. The molecule has 7 nitrogen and oxygen atoms in total. The average Bonchev–Trinajstić information content (AvgIpc) is 2.84. The predicted molar refractivity (Wildman–Crippen MR) is 68.3 cm³/mol. The maximum atomic E-state index is 10.6. The van der Waals surface area contributed by atoms with Gasteiger partial charge < -0.3 is 0 Å². The number of hydrogen-bond donors (Lipinski definition) is 0. The maximum absolute atomic E-state index is 10.6. The first kappa shape index (κ1) is 11.5. The third-order valence-corrected chi connectivity index (χ3v) is 2.91. The SMILES string of the molecule is O=[N+]([O-])c1ccc(-n2cnc3ncnc(Cl)c32)cc1. The van der Waals surface area contributed by atoms with Gasteiger partial charge in [-0.25, -0.2) is 15.0 Å². The van der Waals surface area contributed by atoms with Crippen LogP contribution >= 0.6 is 11.6 Å². The quantitative estimate of drug-likeness (QED) is 0.407. The third kappa shape index (κ3) is 1.89. The number of rotatable bonds is 2.